The Balaban J connectivity index is 1.22. The molecule has 2 saturated carbocycles. The highest BCUT2D eigenvalue weighted by Crippen LogP contribution is 2.41. The van der Waals surface area contributed by atoms with Gasteiger partial charge in [0.1, 0.15) is 0 Å². The Labute approximate surface area is 232 Å². The monoisotopic (exact) mass is 522 g/mol. The third kappa shape index (κ3) is 5.43. The van der Waals surface area contributed by atoms with Crippen LogP contribution in [0, 0.1) is 10.8 Å². The molecule has 0 saturated heterocycles. The van der Waals surface area contributed by atoms with E-state index in [0.717, 1.165) is 47.3 Å². The van der Waals surface area contributed by atoms with Crippen LogP contribution in [0.4, 0.5) is 0 Å². The molecule has 2 aliphatic carbocycles. The van der Waals surface area contributed by atoms with Crippen LogP contribution in [-0.4, -0.2) is 29.5 Å². The van der Waals surface area contributed by atoms with Crippen molar-refractivity contribution in [1.82, 2.24) is 29.5 Å². The van der Waals surface area contributed by atoms with Gasteiger partial charge in [0.2, 0.25) is 0 Å². The van der Waals surface area contributed by atoms with Crippen LogP contribution < -0.4 is 0 Å². The normalized spacial score (nSPS) is 18.6. The minimum absolute atomic E-state index is 0.382. The first-order valence-corrected chi connectivity index (χ1v) is 14.8. The molecule has 0 radical (unpaired) electrons. The fourth-order valence-corrected chi connectivity index (χ4v) is 6.78. The highest BCUT2D eigenvalue weighted by molar-refractivity contribution is 5.36. The number of nitrogens with zero attached hydrogens (tertiary/aromatic N) is 6. The van der Waals surface area contributed by atoms with E-state index in [1.54, 1.807) is 0 Å². The summed E-state index contributed by atoms with van der Waals surface area (Å²) in [6.07, 6.45) is 16.7. The van der Waals surface area contributed by atoms with Gasteiger partial charge in [0.15, 0.2) is 11.6 Å². The molecule has 4 aromatic heterocycles. The standard InChI is InChI=1S/C33H42N6/c1-31(2,27-11-9-13-29(34-27)38-21-15-25(36-38)23-32(3)17-5-6-18-32)28-12-10-14-30(35-28)39-22-16-26(37-39)24-33(4)19-7-8-20-33/h9-16,21-22H,5-8,17-20,23-24H2,1-4H3. The van der Waals surface area contributed by atoms with E-state index >= 15 is 0 Å². The Hall–Kier alpha value is -3.28. The van der Waals surface area contributed by atoms with E-state index in [9.17, 15) is 0 Å². The quantitative estimate of drug-likeness (QED) is 0.242. The zero-order chi connectivity index (χ0) is 27.1. The van der Waals surface area contributed by atoms with Crippen LogP contribution in [0.5, 0.6) is 0 Å². The van der Waals surface area contributed by atoms with E-state index in [1.165, 1.54) is 51.4 Å². The Morgan fingerprint density at radius 2 is 1.05 bits per heavy atom. The second-order valence-electron chi connectivity index (χ2n) is 13.3. The van der Waals surface area contributed by atoms with Gasteiger partial charge in [0.05, 0.1) is 22.8 Å². The summed E-state index contributed by atoms with van der Waals surface area (Å²) >= 11 is 0. The fourth-order valence-electron chi connectivity index (χ4n) is 6.78. The van der Waals surface area contributed by atoms with Crippen molar-refractivity contribution >= 4 is 0 Å². The maximum absolute atomic E-state index is 5.06. The first kappa shape index (κ1) is 26.0. The van der Waals surface area contributed by atoms with Crippen molar-refractivity contribution in [3.8, 4) is 11.6 Å². The number of pyridine rings is 2. The summed E-state index contributed by atoms with van der Waals surface area (Å²) in [5, 5.41) is 9.82. The van der Waals surface area contributed by atoms with Crippen molar-refractivity contribution < 1.29 is 0 Å². The number of hydrogen-bond acceptors (Lipinski definition) is 4. The molecule has 0 bridgehead atoms. The highest BCUT2D eigenvalue weighted by Gasteiger charge is 2.31. The Morgan fingerprint density at radius 3 is 1.46 bits per heavy atom. The van der Waals surface area contributed by atoms with Gasteiger partial charge in [0, 0.05) is 17.8 Å². The second-order valence-corrected chi connectivity index (χ2v) is 13.3. The molecule has 0 N–H and O–H groups in total. The molecule has 0 aliphatic heterocycles. The summed E-state index contributed by atoms with van der Waals surface area (Å²) in [6.45, 7) is 9.19. The highest BCUT2D eigenvalue weighted by atomic mass is 15.3. The summed E-state index contributed by atoms with van der Waals surface area (Å²) in [5.74, 6) is 1.69. The SMILES string of the molecule is CC1(Cc2ccn(-c3cccc(C(C)(C)c4cccc(-n5ccc(CC6(C)CCCC6)n5)n4)n3)n2)CCCC1. The first-order chi connectivity index (χ1) is 18.7. The number of aromatic nitrogens is 6. The minimum atomic E-state index is -0.382. The predicted molar refractivity (Wildman–Crippen MR) is 155 cm³/mol. The topological polar surface area (TPSA) is 61.4 Å². The fraction of sp³-hybridized carbons (Fsp3) is 0.515. The van der Waals surface area contributed by atoms with Crippen LogP contribution in [0.25, 0.3) is 11.6 Å². The zero-order valence-corrected chi connectivity index (χ0v) is 24.0. The first-order valence-electron chi connectivity index (χ1n) is 14.8. The van der Waals surface area contributed by atoms with Crippen molar-refractivity contribution in [3.63, 3.8) is 0 Å². The van der Waals surface area contributed by atoms with Gasteiger partial charge in [-0.2, -0.15) is 10.2 Å². The lowest BCUT2D eigenvalue weighted by atomic mass is 9.84. The Kier molecular flexibility index (Phi) is 6.68. The summed E-state index contributed by atoms with van der Waals surface area (Å²) in [4.78, 5) is 10.1. The molecule has 2 fully saturated rings. The molecular weight excluding hydrogens is 480 g/mol. The summed E-state index contributed by atoms with van der Waals surface area (Å²) < 4.78 is 3.85. The minimum Gasteiger partial charge on any atom is -0.233 e. The van der Waals surface area contributed by atoms with Gasteiger partial charge in [-0.15, -0.1) is 0 Å². The average molecular weight is 523 g/mol. The van der Waals surface area contributed by atoms with Gasteiger partial charge in [0.25, 0.3) is 0 Å². The lowest BCUT2D eigenvalue weighted by molar-refractivity contribution is 0.330. The number of hydrogen-bond donors (Lipinski definition) is 0. The Morgan fingerprint density at radius 1 is 0.641 bits per heavy atom. The van der Waals surface area contributed by atoms with Crippen molar-refractivity contribution in [2.75, 3.05) is 0 Å². The van der Waals surface area contributed by atoms with Crippen LogP contribution in [0.3, 0.4) is 0 Å². The molecular formula is C33H42N6. The molecule has 0 aromatic carbocycles. The van der Waals surface area contributed by atoms with Crippen molar-refractivity contribution in [3.05, 3.63) is 83.7 Å². The van der Waals surface area contributed by atoms with Crippen LogP contribution >= 0.6 is 0 Å². The molecule has 0 spiro atoms. The lowest BCUT2D eigenvalue weighted by Crippen LogP contribution is -2.23. The van der Waals surface area contributed by atoms with E-state index in [1.807, 2.05) is 33.9 Å². The maximum Gasteiger partial charge on any atom is 0.153 e. The molecule has 0 unspecified atom stereocenters. The molecule has 39 heavy (non-hydrogen) atoms. The molecule has 4 aromatic rings. The van der Waals surface area contributed by atoms with Crippen molar-refractivity contribution in [2.24, 2.45) is 10.8 Å². The van der Waals surface area contributed by atoms with E-state index in [0.29, 0.717) is 10.8 Å². The van der Waals surface area contributed by atoms with E-state index in [2.05, 4.69) is 64.1 Å². The molecule has 204 valence electrons. The van der Waals surface area contributed by atoms with Crippen molar-refractivity contribution in [2.45, 2.75) is 97.3 Å². The van der Waals surface area contributed by atoms with Gasteiger partial charge >= 0.3 is 0 Å². The largest absolute Gasteiger partial charge is 0.233 e. The van der Waals surface area contributed by atoms with Gasteiger partial charge in [-0.3, -0.25) is 0 Å². The molecule has 0 amide bonds. The average Bonchev–Trinajstić information content (AvgIpc) is 3.74. The smallest absolute Gasteiger partial charge is 0.153 e. The third-order valence-corrected chi connectivity index (χ3v) is 9.34. The maximum atomic E-state index is 5.06. The lowest BCUT2D eigenvalue weighted by Gasteiger charge is -2.24. The molecule has 6 nitrogen and oxygen atoms in total. The summed E-state index contributed by atoms with van der Waals surface area (Å²) in [5.41, 5.74) is 4.64. The Bertz CT molecular complexity index is 1320. The summed E-state index contributed by atoms with van der Waals surface area (Å²) in [7, 11) is 0. The number of rotatable bonds is 8. The second kappa shape index (κ2) is 10.0. The molecule has 4 heterocycles. The molecule has 6 heteroatoms. The third-order valence-electron chi connectivity index (χ3n) is 9.34. The molecule has 0 atom stereocenters. The van der Waals surface area contributed by atoms with Crippen molar-refractivity contribution in [1.29, 1.82) is 0 Å². The van der Waals surface area contributed by atoms with Gasteiger partial charge in [-0.25, -0.2) is 19.3 Å². The van der Waals surface area contributed by atoms with Crippen LogP contribution in [-0.2, 0) is 18.3 Å². The van der Waals surface area contributed by atoms with E-state index < -0.39 is 0 Å². The van der Waals surface area contributed by atoms with E-state index in [-0.39, 0.29) is 5.41 Å². The molecule has 6 rings (SSSR count). The van der Waals surface area contributed by atoms with E-state index in [4.69, 9.17) is 20.2 Å². The van der Waals surface area contributed by atoms with Crippen LogP contribution in [0.2, 0.25) is 0 Å². The van der Waals surface area contributed by atoms with Gasteiger partial charge < -0.3 is 0 Å². The predicted octanol–water partition coefficient (Wildman–Crippen LogP) is 7.42. The van der Waals surface area contributed by atoms with Gasteiger partial charge in [-0.1, -0.05) is 51.7 Å². The van der Waals surface area contributed by atoms with Gasteiger partial charge in [-0.05, 0) is 99.6 Å². The van der Waals surface area contributed by atoms with Crippen LogP contribution in [0.1, 0.15) is 102 Å². The van der Waals surface area contributed by atoms with Crippen LogP contribution in [0.15, 0.2) is 60.9 Å². The summed E-state index contributed by atoms with van der Waals surface area (Å²) in [6, 6.07) is 16.7. The zero-order valence-electron chi connectivity index (χ0n) is 24.0. The molecule has 2 aliphatic rings.